The van der Waals surface area contributed by atoms with Crippen LogP contribution in [0.3, 0.4) is 0 Å². The fourth-order valence-electron chi connectivity index (χ4n) is 2.45. The van der Waals surface area contributed by atoms with Crippen LogP contribution in [0.2, 0.25) is 0 Å². The molecule has 1 rings (SSSR count). The fraction of sp³-hybridized carbons (Fsp3) is 0.526. The average molecular weight is 380 g/mol. The largest absolute Gasteiger partial charge is 0.478 e. The molecule has 2 atom stereocenters. The van der Waals surface area contributed by atoms with E-state index in [4.69, 9.17) is 4.74 Å². The van der Waals surface area contributed by atoms with Crippen LogP contribution < -0.4 is 5.32 Å². The van der Waals surface area contributed by atoms with Gasteiger partial charge in [0, 0.05) is 13.0 Å². The van der Waals surface area contributed by atoms with E-state index in [0.29, 0.717) is 0 Å². The van der Waals surface area contributed by atoms with Crippen molar-refractivity contribution in [1.82, 2.24) is 10.2 Å². The normalized spacial score (nSPS) is 14.1. The lowest BCUT2D eigenvalue weighted by Crippen LogP contribution is -2.61. The molecule has 2 amide bonds. The Morgan fingerprint density at radius 3 is 2.30 bits per heavy atom. The fourth-order valence-corrected chi connectivity index (χ4v) is 2.45. The predicted molar refractivity (Wildman–Crippen MR) is 98.9 cm³/mol. The van der Waals surface area contributed by atoms with Gasteiger partial charge in [0.1, 0.15) is 6.04 Å². The number of carbonyl (C=O) groups excluding carboxylic acids is 2. The third-order valence-electron chi connectivity index (χ3n) is 3.88. The Labute approximate surface area is 159 Å². The van der Waals surface area contributed by atoms with Crippen molar-refractivity contribution in [2.24, 2.45) is 5.92 Å². The zero-order valence-corrected chi connectivity index (χ0v) is 16.1. The summed E-state index contributed by atoms with van der Waals surface area (Å²) in [6.07, 6.45) is 0.177. The van der Waals surface area contributed by atoms with E-state index >= 15 is 0 Å². The van der Waals surface area contributed by atoms with E-state index in [1.165, 1.54) is 0 Å². The van der Waals surface area contributed by atoms with Crippen LogP contribution >= 0.6 is 0 Å². The van der Waals surface area contributed by atoms with E-state index in [1.54, 1.807) is 45.0 Å². The molecule has 0 saturated heterocycles. The Hall–Kier alpha value is -2.61. The minimum Gasteiger partial charge on any atom is -0.478 e. The van der Waals surface area contributed by atoms with Crippen molar-refractivity contribution in [3.05, 3.63) is 35.9 Å². The Balaban J connectivity index is 3.06. The molecule has 0 bridgehead atoms. The second kappa shape index (κ2) is 9.91. The van der Waals surface area contributed by atoms with Crippen LogP contribution in [0.5, 0.6) is 0 Å². The van der Waals surface area contributed by atoms with E-state index in [9.17, 15) is 24.6 Å². The van der Waals surface area contributed by atoms with Crippen LogP contribution in [-0.2, 0) is 20.7 Å². The van der Waals surface area contributed by atoms with Crippen molar-refractivity contribution >= 4 is 18.0 Å². The molecular weight excluding hydrogens is 352 g/mol. The lowest BCUT2D eigenvalue weighted by molar-refractivity contribution is -0.173. The van der Waals surface area contributed by atoms with Crippen LogP contribution in [-0.4, -0.2) is 58.0 Å². The summed E-state index contributed by atoms with van der Waals surface area (Å²) in [7, 11) is 0. The van der Waals surface area contributed by atoms with Crippen LogP contribution in [0, 0.1) is 5.92 Å². The van der Waals surface area contributed by atoms with Crippen molar-refractivity contribution in [1.29, 1.82) is 0 Å². The summed E-state index contributed by atoms with van der Waals surface area (Å²) in [5, 5.41) is 22.0. The molecule has 150 valence electrons. The van der Waals surface area contributed by atoms with Gasteiger partial charge in [0.15, 0.2) is 0 Å². The third-order valence-corrected chi connectivity index (χ3v) is 3.88. The van der Waals surface area contributed by atoms with Gasteiger partial charge in [-0.25, -0.2) is 14.4 Å². The molecule has 0 aliphatic heterocycles. The Bertz CT molecular complexity index is 645. The first-order valence-corrected chi connectivity index (χ1v) is 8.84. The lowest BCUT2D eigenvalue weighted by atomic mass is 10.1. The molecule has 0 radical (unpaired) electrons. The number of amides is 2. The highest BCUT2D eigenvalue weighted by atomic mass is 16.5. The van der Waals surface area contributed by atoms with Gasteiger partial charge in [-0.05, 0) is 25.3 Å². The molecule has 8 nitrogen and oxygen atoms in total. The smallest absolute Gasteiger partial charge is 0.357 e. The summed E-state index contributed by atoms with van der Waals surface area (Å²) in [6, 6.07) is 7.18. The second-order valence-electron chi connectivity index (χ2n) is 6.77. The summed E-state index contributed by atoms with van der Waals surface area (Å²) >= 11 is 0. The van der Waals surface area contributed by atoms with Crippen molar-refractivity contribution in [2.75, 3.05) is 13.2 Å². The average Bonchev–Trinajstić information content (AvgIpc) is 2.59. The van der Waals surface area contributed by atoms with E-state index < -0.39 is 29.7 Å². The number of carboxylic acids is 1. The molecule has 0 fully saturated rings. The number of rotatable bonds is 9. The lowest BCUT2D eigenvalue weighted by Gasteiger charge is -2.35. The number of esters is 1. The van der Waals surface area contributed by atoms with Gasteiger partial charge < -0.3 is 20.3 Å². The number of nitrogens with one attached hydrogen (secondary N) is 1. The number of nitrogens with zero attached hydrogens (tertiary/aromatic N) is 1. The van der Waals surface area contributed by atoms with Gasteiger partial charge in [-0.15, -0.1) is 0 Å². The third kappa shape index (κ3) is 6.56. The van der Waals surface area contributed by atoms with Crippen molar-refractivity contribution in [3.8, 4) is 0 Å². The SMILES string of the molecule is CCOC(=O)C(Cc1ccccc1)NC(=O)N(CC(C)C)C(C)(O)C(=O)O. The molecule has 0 aliphatic rings. The number of benzene rings is 1. The Morgan fingerprint density at radius 2 is 1.81 bits per heavy atom. The number of carbonyl (C=O) groups is 3. The van der Waals surface area contributed by atoms with Crippen molar-refractivity contribution in [2.45, 2.75) is 45.9 Å². The van der Waals surface area contributed by atoms with E-state index in [1.807, 2.05) is 6.07 Å². The molecule has 1 aromatic rings. The zero-order valence-electron chi connectivity index (χ0n) is 16.1. The maximum atomic E-state index is 12.7. The summed E-state index contributed by atoms with van der Waals surface area (Å²) in [5.74, 6) is -2.29. The Kier molecular flexibility index (Phi) is 8.24. The van der Waals surface area contributed by atoms with Gasteiger partial charge in [0.25, 0.3) is 0 Å². The molecule has 1 aromatic carbocycles. The van der Waals surface area contributed by atoms with Gasteiger partial charge >= 0.3 is 18.0 Å². The quantitative estimate of drug-likeness (QED) is 0.443. The Morgan fingerprint density at radius 1 is 1.22 bits per heavy atom. The van der Waals surface area contributed by atoms with Gasteiger partial charge in [0.2, 0.25) is 5.72 Å². The highest BCUT2D eigenvalue weighted by Gasteiger charge is 2.41. The molecule has 8 heteroatoms. The summed E-state index contributed by atoms with van der Waals surface area (Å²) in [5.41, 5.74) is -1.61. The summed E-state index contributed by atoms with van der Waals surface area (Å²) < 4.78 is 5.02. The van der Waals surface area contributed by atoms with Gasteiger partial charge in [-0.3, -0.25) is 4.90 Å². The van der Waals surface area contributed by atoms with E-state index in [0.717, 1.165) is 17.4 Å². The van der Waals surface area contributed by atoms with Gasteiger partial charge in [-0.1, -0.05) is 44.2 Å². The predicted octanol–water partition coefficient (Wildman–Crippen LogP) is 1.62. The molecule has 0 heterocycles. The molecule has 27 heavy (non-hydrogen) atoms. The minimum atomic E-state index is -2.42. The molecule has 2 unspecified atom stereocenters. The maximum Gasteiger partial charge on any atom is 0.357 e. The highest BCUT2D eigenvalue weighted by molar-refractivity contribution is 5.87. The number of hydrogen-bond donors (Lipinski definition) is 3. The monoisotopic (exact) mass is 380 g/mol. The molecule has 3 N–H and O–H groups in total. The first-order valence-electron chi connectivity index (χ1n) is 8.84. The number of aliphatic carboxylic acids is 1. The minimum absolute atomic E-state index is 0.00792. The van der Waals surface area contributed by atoms with Crippen LogP contribution in [0.4, 0.5) is 4.79 Å². The second-order valence-corrected chi connectivity index (χ2v) is 6.77. The molecule has 0 aromatic heterocycles. The molecule has 0 saturated carbocycles. The van der Waals surface area contributed by atoms with Gasteiger partial charge in [0.05, 0.1) is 6.61 Å². The molecule has 0 aliphatic carbocycles. The summed E-state index contributed by atoms with van der Waals surface area (Å²) in [6.45, 7) is 6.37. The topological polar surface area (TPSA) is 116 Å². The van der Waals surface area contributed by atoms with Crippen LogP contribution in [0.15, 0.2) is 30.3 Å². The first kappa shape index (κ1) is 22.4. The van der Waals surface area contributed by atoms with Gasteiger partial charge in [-0.2, -0.15) is 0 Å². The van der Waals surface area contributed by atoms with Crippen molar-refractivity contribution in [3.63, 3.8) is 0 Å². The number of aliphatic hydroxyl groups is 1. The number of urea groups is 1. The zero-order chi connectivity index (χ0) is 20.6. The molecular formula is C19H28N2O6. The number of hydrogen-bond acceptors (Lipinski definition) is 5. The molecule has 0 spiro atoms. The first-order chi connectivity index (χ1) is 12.6. The summed E-state index contributed by atoms with van der Waals surface area (Å²) in [4.78, 5) is 37.2. The number of carboxylic acid groups (broad SMARTS) is 1. The number of ether oxygens (including phenoxy) is 1. The standard InChI is InChI=1S/C19H28N2O6/c1-5-27-16(22)15(11-14-9-7-6-8-10-14)20-18(25)21(12-13(2)3)19(4,26)17(23)24/h6-10,13,15,26H,5,11-12H2,1-4H3,(H,20,25)(H,23,24). The van der Waals surface area contributed by atoms with Crippen molar-refractivity contribution < 1.29 is 29.3 Å². The van der Waals surface area contributed by atoms with E-state index in [2.05, 4.69) is 5.32 Å². The van der Waals surface area contributed by atoms with Crippen LogP contribution in [0.1, 0.15) is 33.3 Å². The van der Waals surface area contributed by atoms with E-state index in [-0.39, 0.29) is 25.5 Å². The van der Waals surface area contributed by atoms with Crippen LogP contribution in [0.25, 0.3) is 0 Å². The highest BCUT2D eigenvalue weighted by Crippen LogP contribution is 2.16. The maximum absolute atomic E-state index is 12.7.